The Morgan fingerprint density at radius 1 is 1.10 bits per heavy atom. The number of sulfonamides is 1. The normalized spacial score (nSPS) is 22.7. The van der Waals surface area contributed by atoms with Crippen molar-refractivity contribution in [3.63, 3.8) is 0 Å². The summed E-state index contributed by atoms with van der Waals surface area (Å²) in [6, 6.07) is 8.89. The predicted molar refractivity (Wildman–Crippen MR) is 114 cm³/mol. The molecule has 166 valence electrons. The van der Waals surface area contributed by atoms with E-state index in [9.17, 15) is 17.2 Å². The summed E-state index contributed by atoms with van der Waals surface area (Å²) in [5, 5.41) is 3.72. The summed E-state index contributed by atoms with van der Waals surface area (Å²) < 4.78 is 60.2. The number of anilines is 2. The molecule has 2 saturated heterocycles. The Morgan fingerprint density at radius 3 is 2.58 bits per heavy atom. The van der Waals surface area contributed by atoms with Gasteiger partial charge in [0.2, 0.25) is 10.0 Å². The maximum absolute atomic E-state index is 14.2. The van der Waals surface area contributed by atoms with Crippen LogP contribution in [0, 0.1) is 11.6 Å². The standard InChI is InChI=1S/C22H25F2N3O3S/c1-30-16-5-6-19-18(14-16)25-22(21-3-2-10-27(19)21)8-11-26(12-9-22)31(28,29)20-7-4-15(23)13-17(20)24/h4-7,13-14,21,25H,2-3,8-12H2,1H3. The van der Waals surface area contributed by atoms with Gasteiger partial charge in [-0.15, -0.1) is 0 Å². The van der Waals surface area contributed by atoms with Gasteiger partial charge in [-0.1, -0.05) is 0 Å². The number of hydrogen-bond donors (Lipinski definition) is 1. The van der Waals surface area contributed by atoms with Crippen LogP contribution in [-0.4, -0.2) is 51.0 Å². The molecule has 3 heterocycles. The number of ether oxygens (including phenoxy) is 1. The number of methoxy groups -OCH3 is 1. The van der Waals surface area contributed by atoms with E-state index < -0.39 is 26.6 Å². The van der Waals surface area contributed by atoms with Crippen molar-refractivity contribution in [1.82, 2.24) is 4.31 Å². The van der Waals surface area contributed by atoms with Crippen molar-refractivity contribution in [1.29, 1.82) is 0 Å². The van der Waals surface area contributed by atoms with Crippen LogP contribution in [0.15, 0.2) is 41.3 Å². The zero-order valence-corrected chi connectivity index (χ0v) is 18.1. The second kappa shape index (κ2) is 7.34. The molecule has 0 amide bonds. The van der Waals surface area contributed by atoms with Crippen LogP contribution in [0.4, 0.5) is 20.2 Å². The third-order valence-corrected chi connectivity index (χ3v) is 8.85. The molecule has 2 aromatic rings. The summed E-state index contributed by atoms with van der Waals surface area (Å²) in [5.74, 6) is -1.08. The van der Waals surface area contributed by atoms with Gasteiger partial charge in [0.15, 0.2) is 0 Å². The number of rotatable bonds is 3. The van der Waals surface area contributed by atoms with E-state index in [4.69, 9.17) is 4.74 Å². The molecular formula is C22H25F2N3O3S. The van der Waals surface area contributed by atoms with Crippen molar-refractivity contribution in [3.05, 3.63) is 48.0 Å². The highest BCUT2D eigenvalue weighted by Crippen LogP contribution is 2.48. The summed E-state index contributed by atoms with van der Waals surface area (Å²) in [5.41, 5.74) is 1.89. The van der Waals surface area contributed by atoms with Crippen LogP contribution < -0.4 is 15.0 Å². The van der Waals surface area contributed by atoms with E-state index in [1.165, 1.54) is 4.31 Å². The molecule has 1 unspecified atom stereocenters. The van der Waals surface area contributed by atoms with Gasteiger partial charge in [-0.2, -0.15) is 4.31 Å². The van der Waals surface area contributed by atoms with E-state index in [1.807, 2.05) is 12.1 Å². The minimum Gasteiger partial charge on any atom is -0.497 e. The van der Waals surface area contributed by atoms with Gasteiger partial charge in [-0.25, -0.2) is 17.2 Å². The van der Waals surface area contributed by atoms with E-state index in [-0.39, 0.29) is 24.7 Å². The predicted octanol–water partition coefficient (Wildman–Crippen LogP) is 3.59. The van der Waals surface area contributed by atoms with Gasteiger partial charge in [0.25, 0.3) is 0 Å². The Kier molecular flexibility index (Phi) is 4.86. The molecule has 5 rings (SSSR count). The summed E-state index contributed by atoms with van der Waals surface area (Å²) >= 11 is 0. The van der Waals surface area contributed by atoms with Gasteiger partial charge in [0.05, 0.1) is 30.1 Å². The number of nitrogens with one attached hydrogen (secondary N) is 1. The van der Waals surface area contributed by atoms with E-state index in [1.54, 1.807) is 7.11 Å². The molecule has 9 heteroatoms. The van der Waals surface area contributed by atoms with Gasteiger partial charge < -0.3 is 15.0 Å². The second-order valence-corrected chi connectivity index (χ2v) is 10.4. The van der Waals surface area contributed by atoms with Crippen LogP contribution >= 0.6 is 0 Å². The van der Waals surface area contributed by atoms with Gasteiger partial charge in [-0.3, -0.25) is 0 Å². The lowest BCUT2D eigenvalue weighted by atomic mass is 9.78. The van der Waals surface area contributed by atoms with Crippen molar-refractivity contribution in [3.8, 4) is 5.75 Å². The van der Waals surface area contributed by atoms with Crippen molar-refractivity contribution in [2.75, 3.05) is 37.0 Å². The average molecular weight is 450 g/mol. The first-order valence-corrected chi connectivity index (χ1v) is 12.0. The summed E-state index contributed by atoms with van der Waals surface area (Å²) in [6.07, 6.45) is 3.33. The van der Waals surface area contributed by atoms with Crippen molar-refractivity contribution in [2.24, 2.45) is 0 Å². The lowest BCUT2D eigenvalue weighted by Gasteiger charge is -2.53. The molecular weight excluding hydrogens is 424 g/mol. The van der Waals surface area contributed by atoms with Gasteiger partial charge in [-0.05, 0) is 49.9 Å². The van der Waals surface area contributed by atoms with E-state index in [2.05, 4.69) is 16.3 Å². The molecule has 1 spiro atoms. The smallest absolute Gasteiger partial charge is 0.245 e. The summed E-state index contributed by atoms with van der Waals surface area (Å²) in [7, 11) is -2.39. The first-order valence-electron chi connectivity index (χ1n) is 10.5. The molecule has 31 heavy (non-hydrogen) atoms. The number of piperidine rings is 1. The number of halogens is 2. The lowest BCUT2D eigenvalue weighted by Crippen LogP contribution is -2.62. The Bertz CT molecular complexity index is 1120. The Balaban J connectivity index is 1.42. The topological polar surface area (TPSA) is 61.9 Å². The number of fused-ring (bicyclic) bond motifs is 4. The first-order chi connectivity index (χ1) is 14.8. The summed E-state index contributed by atoms with van der Waals surface area (Å²) in [4.78, 5) is 1.95. The van der Waals surface area contributed by atoms with Gasteiger partial charge >= 0.3 is 0 Å². The van der Waals surface area contributed by atoms with E-state index in [0.717, 1.165) is 48.6 Å². The highest BCUT2D eigenvalue weighted by molar-refractivity contribution is 7.89. The molecule has 1 N–H and O–H groups in total. The second-order valence-electron chi connectivity index (χ2n) is 8.49. The Labute approximate surface area is 180 Å². The minimum absolute atomic E-state index is 0.261. The molecule has 6 nitrogen and oxygen atoms in total. The Morgan fingerprint density at radius 2 is 1.87 bits per heavy atom. The number of hydrogen-bond acceptors (Lipinski definition) is 5. The zero-order chi connectivity index (χ0) is 21.8. The van der Waals surface area contributed by atoms with Crippen molar-refractivity contribution in [2.45, 2.75) is 42.2 Å². The van der Waals surface area contributed by atoms with Crippen LogP contribution in [0.5, 0.6) is 5.75 Å². The molecule has 0 radical (unpaired) electrons. The van der Waals surface area contributed by atoms with E-state index >= 15 is 0 Å². The fourth-order valence-corrected chi connectivity index (χ4v) is 6.87. The number of benzene rings is 2. The zero-order valence-electron chi connectivity index (χ0n) is 17.3. The van der Waals surface area contributed by atoms with Crippen molar-refractivity contribution < 1.29 is 21.9 Å². The van der Waals surface area contributed by atoms with Crippen LogP contribution in [0.1, 0.15) is 25.7 Å². The van der Waals surface area contributed by atoms with Crippen LogP contribution in [-0.2, 0) is 10.0 Å². The van der Waals surface area contributed by atoms with Crippen LogP contribution in [0.3, 0.4) is 0 Å². The Hall–Kier alpha value is -2.39. The number of nitrogens with zero attached hydrogens (tertiary/aromatic N) is 2. The van der Waals surface area contributed by atoms with Crippen LogP contribution in [0.25, 0.3) is 0 Å². The monoisotopic (exact) mass is 449 g/mol. The average Bonchev–Trinajstić information content (AvgIpc) is 3.25. The fourth-order valence-electron chi connectivity index (χ4n) is 5.38. The molecule has 2 fully saturated rings. The fraction of sp³-hybridized carbons (Fsp3) is 0.455. The minimum atomic E-state index is -4.03. The van der Waals surface area contributed by atoms with E-state index in [0.29, 0.717) is 18.9 Å². The molecule has 3 aliphatic rings. The third kappa shape index (κ3) is 3.25. The van der Waals surface area contributed by atoms with Crippen LogP contribution in [0.2, 0.25) is 0 Å². The largest absolute Gasteiger partial charge is 0.497 e. The molecule has 1 atom stereocenters. The highest BCUT2D eigenvalue weighted by atomic mass is 32.2. The molecule has 0 aliphatic carbocycles. The lowest BCUT2D eigenvalue weighted by molar-refractivity contribution is 0.219. The van der Waals surface area contributed by atoms with Gasteiger partial charge in [0, 0.05) is 31.8 Å². The highest BCUT2D eigenvalue weighted by Gasteiger charge is 2.50. The molecule has 0 saturated carbocycles. The molecule has 0 aromatic heterocycles. The summed E-state index contributed by atoms with van der Waals surface area (Å²) in [6.45, 7) is 1.52. The maximum Gasteiger partial charge on any atom is 0.245 e. The SMILES string of the molecule is COc1ccc2c(c1)NC1(CCN(S(=O)(=O)c3ccc(F)cc3F)CC1)C1CCCN21. The first kappa shape index (κ1) is 20.5. The van der Waals surface area contributed by atoms with Gasteiger partial charge in [0.1, 0.15) is 22.3 Å². The molecule has 2 aromatic carbocycles. The quantitative estimate of drug-likeness (QED) is 0.776. The maximum atomic E-state index is 14.2. The van der Waals surface area contributed by atoms with Crippen molar-refractivity contribution >= 4 is 21.4 Å². The third-order valence-electron chi connectivity index (χ3n) is 6.91. The molecule has 0 bridgehead atoms. The molecule has 3 aliphatic heterocycles.